The van der Waals surface area contributed by atoms with E-state index in [9.17, 15) is 5.11 Å². The highest BCUT2D eigenvalue weighted by molar-refractivity contribution is 5.89. The zero-order chi connectivity index (χ0) is 26.9. The average Bonchev–Trinajstić information content (AvgIpc) is 3.10. The Hall–Kier alpha value is -3.58. The topological polar surface area (TPSA) is 20.2 Å². The summed E-state index contributed by atoms with van der Waals surface area (Å²) in [5, 5.41) is 9.74. The lowest BCUT2D eigenvalue weighted by atomic mass is 9.81. The Morgan fingerprint density at radius 2 is 1.39 bits per heavy atom. The lowest BCUT2D eigenvalue weighted by molar-refractivity contribution is 0.475. The van der Waals surface area contributed by atoms with Gasteiger partial charge in [0, 0.05) is 5.41 Å². The minimum Gasteiger partial charge on any atom is -0.508 e. The van der Waals surface area contributed by atoms with Gasteiger partial charge in [-0.3, -0.25) is 0 Å². The molecule has 0 bridgehead atoms. The van der Waals surface area contributed by atoms with Gasteiger partial charge in [0.1, 0.15) is 5.75 Å². The molecule has 0 radical (unpaired) electrons. The summed E-state index contributed by atoms with van der Waals surface area (Å²) in [4.78, 5) is 0. The Balaban J connectivity index is 0.000000694. The zero-order valence-corrected chi connectivity index (χ0v) is 23.3. The number of fused-ring (bicyclic) bond motifs is 1. The smallest absolute Gasteiger partial charge is 0.115 e. The van der Waals surface area contributed by atoms with Gasteiger partial charge in [0.2, 0.25) is 0 Å². The third kappa shape index (κ3) is 5.97. The van der Waals surface area contributed by atoms with Crippen LogP contribution in [0.3, 0.4) is 0 Å². The van der Waals surface area contributed by atoms with Gasteiger partial charge in [-0.25, -0.2) is 0 Å². The van der Waals surface area contributed by atoms with Gasteiger partial charge in [-0.05, 0) is 102 Å². The predicted molar refractivity (Wildman–Crippen MR) is 161 cm³/mol. The maximum Gasteiger partial charge on any atom is 0.115 e. The molecule has 0 aromatic heterocycles. The van der Waals surface area contributed by atoms with Crippen LogP contribution in [0.25, 0.3) is 27.8 Å². The SMILES string of the molecule is C/C=C\C.C=CC1=C(/C=C\C)c2cc(-c3cccc(-c4ccc(O)cc4C)c3)ccc2C1(C)C.CC. The van der Waals surface area contributed by atoms with Gasteiger partial charge in [-0.15, -0.1) is 0 Å². The molecular weight excluding hydrogens is 436 g/mol. The number of rotatable bonds is 4. The molecule has 0 atom stereocenters. The summed E-state index contributed by atoms with van der Waals surface area (Å²) in [6, 6.07) is 21.0. The molecule has 1 heteroatoms. The monoisotopic (exact) mass is 478 g/mol. The van der Waals surface area contributed by atoms with E-state index in [0.717, 1.165) is 16.7 Å². The van der Waals surface area contributed by atoms with Gasteiger partial charge in [0.15, 0.2) is 0 Å². The van der Waals surface area contributed by atoms with E-state index in [1.165, 1.54) is 33.4 Å². The molecule has 0 fully saturated rings. The van der Waals surface area contributed by atoms with Crippen molar-refractivity contribution in [3.05, 3.63) is 120 Å². The van der Waals surface area contributed by atoms with Crippen LogP contribution in [0, 0.1) is 6.92 Å². The third-order valence-electron chi connectivity index (χ3n) is 6.53. The minimum absolute atomic E-state index is 0.0462. The maximum absolute atomic E-state index is 9.74. The number of aromatic hydroxyl groups is 1. The molecule has 0 unspecified atom stereocenters. The van der Waals surface area contributed by atoms with Crippen molar-refractivity contribution in [2.45, 2.75) is 60.8 Å². The normalized spacial score (nSPS) is 13.7. The Kier molecular flexibility index (Phi) is 10.3. The van der Waals surface area contributed by atoms with Crippen LogP contribution in [0.5, 0.6) is 5.75 Å². The van der Waals surface area contributed by atoms with Gasteiger partial charge in [-0.2, -0.15) is 0 Å². The van der Waals surface area contributed by atoms with Gasteiger partial charge in [-0.1, -0.05) is 101 Å². The van der Waals surface area contributed by atoms with Crippen LogP contribution in [0.1, 0.15) is 65.2 Å². The fourth-order valence-electron chi connectivity index (χ4n) is 4.67. The molecule has 188 valence electrons. The molecule has 0 spiro atoms. The van der Waals surface area contributed by atoms with E-state index in [4.69, 9.17) is 0 Å². The van der Waals surface area contributed by atoms with Crippen LogP contribution in [0.2, 0.25) is 0 Å². The Morgan fingerprint density at radius 3 is 1.97 bits per heavy atom. The van der Waals surface area contributed by atoms with E-state index in [0.29, 0.717) is 5.75 Å². The fraction of sp³-hybridized carbons (Fsp3) is 0.257. The van der Waals surface area contributed by atoms with Crippen LogP contribution in [-0.4, -0.2) is 5.11 Å². The van der Waals surface area contributed by atoms with Gasteiger partial charge < -0.3 is 5.11 Å². The van der Waals surface area contributed by atoms with Gasteiger partial charge in [0.25, 0.3) is 0 Å². The van der Waals surface area contributed by atoms with Gasteiger partial charge >= 0.3 is 0 Å². The molecule has 0 saturated carbocycles. The van der Waals surface area contributed by atoms with E-state index in [-0.39, 0.29) is 5.41 Å². The molecule has 1 N–H and O–H groups in total. The second-order valence-electron chi connectivity index (χ2n) is 9.16. The molecule has 1 nitrogen and oxygen atoms in total. The summed E-state index contributed by atoms with van der Waals surface area (Å²) in [7, 11) is 0. The Morgan fingerprint density at radius 1 is 0.750 bits per heavy atom. The summed E-state index contributed by atoms with van der Waals surface area (Å²) >= 11 is 0. The molecule has 3 aromatic rings. The molecule has 0 saturated heterocycles. The number of aryl methyl sites for hydroxylation is 1. The molecule has 36 heavy (non-hydrogen) atoms. The molecule has 3 aromatic carbocycles. The first-order chi connectivity index (χ1) is 17.3. The summed E-state index contributed by atoms with van der Waals surface area (Å²) in [5.74, 6) is 0.301. The predicted octanol–water partition coefficient (Wildman–Crippen LogP) is 10.5. The molecule has 0 aliphatic heterocycles. The van der Waals surface area contributed by atoms with E-state index in [2.05, 4.69) is 82.0 Å². The number of phenolic OH excluding ortho intramolecular Hbond substituents is 1. The first kappa shape index (κ1) is 28.7. The lowest BCUT2D eigenvalue weighted by Gasteiger charge is -2.22. The summed E-state index contributed by atoms with van der Waals surface area (Å²) in [6.07, 6.45) is 10.3. The fourth-order valence-corrected chi connectivity index (χ4v) is 4.67. The van der Waals surface area contributed by atoms with E-state index in [1.807, 2.05) is 65.0 Å². The highest BCUT2D eigenvalue weighted by Crippen LogP contribution is 2.48. The first-order valence-electron chi connectivity index (χ1n) is 12.9. The molecular formula is C35H42O. The van der Waals surface area contributed by atoms with E-state index < -0.39 is 0 Å². The second kappa shape index (κ2) is 12.9. The number of phenols is 1. The van der Waals surface area contributed by atoms with Crippen molar-refractivity contribution in [2.24, 2.45) is 0 Å². The van der Waals surface area contributed by atoms with Gasteiger partial charge in [0.05, 0.1) is 0 Å². The molecule has 1 aliphatic carbocycles. The number of hydrogen-bond acceptors (Lipinski definition) is 1. The van der Waals surface area contributed by atoms with Crippen LogP contribution in [0.15, 0.2) is 103 Å². The van der Waals surface area contributed by atoms with Crippen molar-refractivity contribution >= 4 is 5.57 Å². The first-order valence-corrected chi connectivity index (χ1v) is 12.9. The van der Waals surface area contributed by atoms with Crippen molar-refractivity contribution in [3.63, 3.8) is 0 Å². The van der Waals surface area contributed by atoms with E-state index >= 15 is 0 Å². The van der Waals surface area contributed by atoms with Crippen molar-refractivity contribution in [3.8, 4) is 28.0 Å². The van der Waals surface area contributed by atoms with Crippen molar-refractivity contribution in [1.82, 2.24) is 0 Å². The van der Waals surface area contributed by atoms with Crippen molar-refractivity contribution < 1.29 is 5.11 Å². The average molecular weight is 479 g/mol. The number of hydrogen-bond donors (Lipinski definition) is 1. The summed E-state index contributed by atoms with van der Waals surface area (Å²) in [6.45, 7) is 20.7. The summed E-state index contributed by atoms with van der Waals surface area (Å²) < 4.78 is 0. The highest BCUT2D eigenvalue weighted by Gasteiger charge is 2.35. The Labute approximate surface area is 219 Å². The van der Waals surface area contributed by atoms with Crippen LogP contribution in [-0.2, 0) is 5.41 Å². The molecule has 1 aliphatic rings. The molecule has 0 heterocycles. The largest absolute Gasteiger partial charge is 0.508 e. The lowest BCUT2D eigenvalue weighted by Crippen LogP contribution is -2.15. The van der Waals surface area contributed by atoms with E-state index in [1.54, 1.807) is 6.07 Å². The number of benzene rings is 3. The zero-order valence-electron chi connectivity index (χ0n) is 23.3. The molecule has 0 amide bonds. The van der Waals surface area contributed by atoms with Crippen LogP contribution >= 0.6 is 0 Å². The third-order valence-corrected chi connectivity index (χ3v) is 6.53. The Bertz CT molecular complexity index is 1280. The minimum atomic E-state index is -0.0462. The highest BCUT2D eigenvalue weighted by atomic mass is 16.3. The molecule has 4 rings (SSSR count). The quantitative estimate of drug-likeness (QED) is 0.370. The van der Waals surface area contributed by atoms with Crippen molar-refractivity contribution in [1.29, 1.82) is 0 Å². The summed E-state index contributed by atoms with van der Waals surface area (Å²) in [5.41, 5.74) is 10.9. The maximum atomic E-state index is 9.74. The van der Waals surface area contributed by atoms with Crippen molar-refractivity contribution in [2.75, 3.05) is 0 Å². The van der Waals surface area contributed by atoms with Crippen LogP contribution < -0.4 is 0 Å². The second-order valence-corrected chi connectivity index (χ2v) is 9.16. The number of allylic oxidation sites excluding steroid dienone is 7. The van der Waals surface area contributed by atoms with Crippen LogP contribution in [0.4, 0.5) is 0 Å². The standard InChI is InChI=1S/C29H28O.C4H8.C2H6/c1-6-9-25-26-18-21(12-15-28(26)29(4,5)27(25)7-2)20-10-8-11-22(17-20)24-14-13-23(30)16-19(24)3;1-3-4-2;1-2/h6-18,30H,2H2,1,3-5H3;3-4H,1-2H3;1-2H3/b9-6-;4-3-;.